The fraction of sp³-hybridized carbons (Fsp3) is 0.538. The van der Waals surface area contributed by atoms with Crippen LogP contribution in [0.1, 0.15) is 39.8 Å². The van der Waals surface area contributed by atoms with Crippen molar-refractivity contribution in [2.24, 2.45) is 5.41 Å². The normalized spacial score (nSPS) is 11.2. The molecule has 0 saturated heterocycles. The van der Waals surface area contributed by atoms with Gasteiger partial charge in [0.25, 0.3) is 0 Å². The van der Waals surface area contributed by atoms with E-state index in [9.17, 15) is 0 Å². The quantitative estimate of drug-likeness (QED) is 0.843. The molecule has 0 bridgehead atoms. The molecule has 88 valence electrons. The number of anilines is 1. The Morgan fingerprint density at radius 3 is 2.44 bits per heavy atom. The van der Waals surface area contributed by atoms with Gasteiger partial charge in [0.1, 0.15) is 0 Å². The van der Waals surface area contributed by atoms with Gasteiger partial charge in [0.2, 0.25) is 0 Å². The maximum absolute atomic E-state index is 4.10. The highest BCUT2D eigenvalue weighted by atomic mass is 15.2. The van der Waals surface area contributed by atoms with Gasteiger partial charge in [-0.05, 0) is 30.4 Å². The number of aryl methyl sites for hydroxylation is 1. The van der Waals surface area contributed by atoms with Crippen molar-refractivity contribution in [2.45, 2.75) is 40.5 Å². The first kappa shape index (κ1) is 12.7. The minimum absolute atomic E-state index is 0.237. The van der Waals surface area contributed by atoms with E-state index in [4.69, 9.17) is 0 Å². The molecule has 3 nitrogen and oxygen atoms in total. The third-order valence-electron chi connectivity index (χ3n) is 2.13. The second kappa shape index (κ2) is 5.10. The highest BCUT2D eigenvalue weighted by molar-refractivity contribution is 5.39. The van der Waals surface area contributed by atoms with E-state index in [1.807, 2.05) is 12.1 Å². The lowest BCUT2D eigenvalue weighted by Gasteiger charge is -2.20. The van der Waals surface area contributed by atoms with Crippen LogP contribution in [0.15, 0.2) is 24.4 Å². The molecule has 0 aliphatic heterocycles. The third kappa shape index (κ3) is 4.43. The molecule has 1 aromatic rings. The van der Waals surface area contributed by atoms with Crippen molar-refractivity contribution in [1.29, 1.82) is 0 Å². The Morgan fingerprint density at radius 2 is 2.00 bits per heavy atom. The smallest absolute Gasteiger partial charge is 0.152 e. The molecule has 0 aliphatic rings. The summed E-state index contributed by atoms with van der Waals surface area (Å²) in [5.74, 6) is 0.770. The highest BCUT2D eigenvalue weighted by Crippen LogP contribution is 2.23. The molecule has 16 heavy (non-hydrogen) atoms. The van der Waals surface area contributed by atoms with Gasteiger partial charge in [0.15, 0.2) is 5.82 Å². The molecule has 0 saturated carbocycles. The van der Waals surface area contributed by atoms with E-state index in [0.717, 1.165) is 30.1 Å². The van der Waals surface area contributed by atoms with Gasteiger partial charge >= 0.3 is 0 Å². The summed E-state index contributed by atoms with van der Waals surface area (Å²) in [4.78, 5) is 0. The summed E-state index contributed by atoms with van der Waals surface area (Å²) in [6.45, 7) is 12.6. The van der Waals surface area contributed by atoms with Crippen molar-refractivity contribution in [3.05, 3.63) is 30.1 Å². The zero-order valence-electron chi connectivity index (χ0n) is 10.7. The fourth-order valence-electron chi connectivity index (χ4n) is 1.48. The molecule has 1 aromatic heterocycles. The van der Waals surface area contributed by atoms with Crippen LogP contribution in [-0.2, 0) is 6.42 Å². The van der Waals surface area contributed by atoms with Crippen molar-refractivity contribution in [1.82, 2.24) is 10.2 Å². The largest absolute Gasteiger partial charge is 0.343 e. The van der Waals surface area contributed by atoms with Crippen molar-refractivity contribution in [3.8, 4) is 0 Å². The molecule has 0 aliphatic carbocycles. The molecule has 1 N–H and O–H groups in total. The molecular weight excluding hydrogens is 198 g/mol. The molecule has 0 spiro atoms. The minimum atomic E-state index is 0.237. The average Bonchev–Trinajstić information content (AvgIpc) is 2.16. The first-order valence-electron chi connectivity index (χ1n) is 5.68. The van der Waals surface area contributed by atoms with Crippen molar-refractivity contribution in [3.63, 3.8) is 0 Å². The van der Waals surface area contributed by atoms with Crippen LogP contribution in [0.2, 0.25) is 0 Å². The Bertz CT molecular complexity index is 346. The number of hydrogen-bond acceptors (Lipinski definition) is 3. The van der Waals surface area contributed by atoms with Gasteiger partial charge in [-0.2, -0.15) is 5.10 Å². The van der Waals surface area contributed by atoms with E-state index in [1.54, 1.807) is 0 Å². The molecule has 0 amide bonds. The molecule has 0 unspecified atom stereocenters. The first-order valence-corrected chi connectivity index (χ1v) is 5.68. The number of rotatable bonds is 4. The maximum atomic E-state index is 4.10. The Hall–Kier alpha value is -1.38. The number of aromatic nitrogens is 2. The molecule has 0 atom stereocenters. The van der Waals surface area contributed by atoms with E-state index >= 15 is 0 Å². The van der Waals surface area contributed by atoms with Gasteiger partial charge in [-0.1, -0.05) is 34.3 Å². The minimum Gasteiger partial charge on any atom is -0.343 e. The Balaban J connectivity index is 2.56. The summed E-state index contributed by atoms with van der Waals surface area (Å²) < 4.78 is 0. The SMILES string of the molecule is C=C(CC(C)(C)C)Nc1ccc(CC)nn1. The van der Waals surface area contributed by atoms with E-state index in [2.05, 4.69) is 49.8 Å². The van der Waals surface area contributed by atoms with E-state index in [-0.39, 0.29) is 5.41 Å². The molecule has 0 aromatic carbocycles. The van der Waals surface area contributed by atoms with Crippen molar-refractivity contribution in [2.75, 3.05) is 5.32 Å². The lowest BCUT2D eigenvalue weighted by atomic mass is 9.91. The summed E-state index contributed by atoms with van der Waals surface area (Å²) in [6.07, 6.45) is 1.83. The van der Waals surface area contributed by atoms with Crippen LogP contribution in [0.3, 0.4) is 0 Å². The predicted molar refractivity (Wildman–Crippen MR) is 68.2 cm³/mol. The van der Waals surface area contributed by atoms with Crippen LogP contribution in [0.5, 0.6) is 0 Å². The summed E-state index contributed by atoms with van der Waals surface area (Å²) in [7, 11) is 0. The van der Waals surface area contributed by atoms with E-state index in [1.165, 1.54) is 0 Å². The highest BCUT2D eigenvalue weighted by Gasteiger charge is 2.12. The lowest BCUT2D eigenvalue weighted by Crippen LogP contribution is -2.11. The van der Waals surface area contributed by atoms with Crippen LogP contribution in [-0.4, -0.2) is 10.2 Å². The molecule has 0 fully saturated rings. The maximum Gasteiger partial charge on any atom is 0.152 e. The van der Waals surface area contributed by atoms with Crippen molar-refractivity contribution < 1.29 is 0 Å². The summed E-state index contributed by atoms with van der Waals surface area (Å²) >= 11 is 0. The zero-order valence-corrected chi connectivity index (χ0v) is 10.7. The van der Waals surface area contributed by atoms with Gasteiger partial charge in [0, 0.05) is 5.70 Å². The molecular formula is C13H21N3. The Kier molecular flexibility index (Phi) is 4.05. The zero-order chi connectivity index (χ0) is 12.2. The molecule has 0 radical (unpaired) electrons. The van der Waals surface area contributed by atoms with E-state index < -0.39 is 0 Å². The predicted octanol–water partition coefficient (Wildman–Crippen LogP) is 3.40. The summed E-state index contributed by atoms with van der Waals surface area (Å²) in [5, 5.41) is 11.4. The van der Waals surface area contributed by atoms with Crippen LogP contribution in [0, 0.1) is 5.41 Å². The number of nitrogens with zero attached hydrogens (tertiary/aromatic N) is 2. The number of allylic oxidation sites excluding steroid dienone is 1. The van der Waals surface area contributed by atoms with Gasteiger partial charge in [0.05, 0.1) is 5.69 Å². The van der Waals surface area contributed by atoms with Crippen LogP contribution in [0.4, 0.5) is 5.82 Å². The lowest BCUT2D eigenvalue weighted by molar-refractivity contribution is 0.411. The van der Waals surface area contributed by atoms with Gasteiger partial charge < -0.3 is 5.32 Å². The van der Waals surface area contributed by atoms with E-state index in [0.29, 0.717) is 0 Å². The monoisotopic (exact) mass is 219 g/mol. The fourth-order valence-corrected chi connectivity index (χ4v) is 1.48. The first-order chi connectivity index (χ1) is 7.40. The second-order valence-corrected chi connectivity index (χ2v) is 5.23. The topological polar surface area (TPSA) is 37.8 Å². The standard InChI is InChI=1S/C13H21N3/c1-6-11-7-8-12(16-15-11)14-10(2)9-13(3,4)5/h7-8H,2,6,9H2,1,3-5H3,(H,14,16). The second-order valence-electron chi connectivity index (χ2n) is 5.23. The van der Waals surface area contributed by atoms with Crippen molar-refractivity contribution >= 4 is 5.82 Å². The van der Waals surface area contributed by atoms with Crippen LogP contribution in [0.25, 0.3) is 0 Å². The van der Waals surface area contributed by atoms with Gasteiger partial charge in [-0.3, -0.25) is 0 Å². The third-order valence-corrected chi connectivity index (χ3v) is 2.13. The van der Waals surface area contributed by atoms with Gasteiger partial charge in [-0.15, -0.1) is 5.10 Å². The molecule has 3 heteroatoms. The van der Waals surface area contributed by atoms with Crippen LogP contribution < -0.4 is 5.32 Å². The van der Waals surface area contributed by atoms with Crippen LogP contribution >= 0.6 is 0 Å². The number of nitrogens with one attached hydrogen (secondary N) is 1. The average molecular weight is 219 g/mol. The summed E-state index contributed by atoms with van der Waals surface area (Å²) in [6, 6.07) is 3.93. The number of hydrogen-bond donors (Lipinski definition) is 1. The molecule has 1 heterocycles. The van der Waals surface area contributed by atoms with Gasteiger partial charge in [-0.25, -0.2) is 0 Å². The summed E-state index contributed by atoms with van der Waals surface area (Å²) in [5.41, 5.74) is 2.22. The molecule has 1 rings (SSSR count). The Morgan fingerprint density at radius 1 is 1.31 bits per heavy atom. The Labute approximate surface area is 98.0 Å².